The Morgan fingerprint density at radius 3 is 2.70 bits per heavy atom. The van der Waals surface area contributed by atoms with Crippen molar-refractivity contribution in [3.8, 4) is 0 Å². The maximum Gasteiger partial charge on any atom is 0.242 e. The zero-order chi connectivity index (χ0) is 14.8. The SMILES string of the molecule is Cc1nccc(CNS(=O)(=O)c2cc(Br)ccc2Br)n1. The average molecular weight is 421 g/mol. The largest absolute Gasteiger partial charge is 0.242 e. The summed E-state index contributed by atoms with van der Waals surface area (Å²) in [6, 6.07) is 6.65. The molecule has 0 atom stereocenters. The first kappa shape index (κ1) is 15.6. The summed E-state index contributed by atoms with van der Waals surface area (Å²) in [5.41, 5.74) is 0.618. The van der Waals surface area contributed by atoms with E-state index in [0.717, 1.165) is 0 Å². The lowest BCUT2D eigenvalue weighted by Gasteiger charge is -2.09. The molecule has 2 rings (SSSR count). The maximum atomic E-state index is 12.3. The van der Waals surface area contributed by atoms with Gasteiger partial charge in [-0.15, -0.1) is 0 Å². The molecule has 0 amide bonds. The Morgan fingerprint density at radius 1 is 1.25 bits per heavy atom. The fourth-order valence-corrected chi connectivity index (χ4v) is 4.03. The van der Waals surface area contributed by atoms with Gasteiger partial charge < -0.3 is 0 Å². The van der Waals surface area contributed by atoms with Gasteiger partial charge in [-0.25, -0.2) is 23.1 Å². The number of halogens is 2. The first-order chi connectivity index (χ1) is 9.38. The normalized spacial score (nSPS) is 11.6. The number of nitrogens with zero attached hydrogens (tertiary/aromatic N) is 2. The predicted octanol–water partition coefficient (Wildman–Crippen LogP) is 2.79. The van der Waals surface area contributed by atoms with E-state index in [2.05, 4.69) is 46.5 Å². The first-order valence-electron chi connectivity index (χ1n) is 5.62. The smallest absolute Gasteiger partial charge is 0.242 e. The van der Waals surface area contributed by atoms with Crippen molar-refractivity contribution in [1.29, 1.82) is 0 Å². The fourth-order valence-electron chi connectivity index (χ4n) is 1.53. The molecule has 0 radical (unpaired) electrons. The number of sulfonamides is 1. The van der Waals surface area contributed by atoms with Crippen LogP contribution in [0.5, 0.6) is 0 Å². The van der Waals surface area contributed by atoms with Crippen LogP contribution < -0.4 is 4.72 Å². The van der Waals surface area contributed by atoms with E-state index >= 15 is 0 Å². The van der Waals surface area contributed by atoms with Gasteiger partial charge in [-0.1, -0.05) is 15.9 Å². The van der Waals surface area contributed by atoms with E-state index in [-0.39, 0.29) is 11.4 Å². The van der Waals surface area contributed by atoms with Crippen molar-refractivity contribution in [1.82, 2.24) is 14.7 Å². The van der Waals surface area contributed by atoms with E-state index in [9.17, 15) is 8.42 Å². The number of hydrogen-bond donors (Lipinski definition) is 1. The van der Waals surface area contributed by atoms with Crippen molar-refractivity contribution in [2.24, 2.45) is 0 Å². The minimum absolute atomic E-state index is 0.116. The van der Waals surface area contributed by atoms with E-state index < -0.39 is 10.0 Å². The van der Waals surface area contributed by atoms with Gasteiger partial charge in [-0.3, -0.25) is 0 Å². The van der Waals surface area contributed by atoms with E-state index in [1.807, 2.05) is 0 Å². The summed E-state index contributed by atoms with van der Waals surface area (Å²) in [4.78, 5) is 8.30. The average Bonchev–Trinajstić information content (AvgIpc) is 2.39. The Balaban J connectivity index is 2.21. The first-order valence-corrected chi connectivity index (χ1v) is 8.68. The van der Waals surface area contributed by atoms with Crippen molar-refractivity contribution >= 4 is 41.9 Å². The Labute approximate surface area is 134 Å². The highest BCUT2D eigenvalue weighted by Gasteiger charge is 2.18. The molecule has 0 unspecified atom stereocenters. The van der Waals surface area contributed by atoms with E-state index in [1.54, 1.807) is 31.3 Å². The summed E-state index contributed by atoms with van der Waals surface area (Å²) < 4.78 is 28.2. The van der Waals surface area contributed by atoms with Crippen molar-refractivity contribution in [2.45, 2.75) is 18.4 Å². The Bertz CT molecular complexity index is 735. The van der Waals surface area contributed by atoms with Gasteiger partial charge in [0.2, 0.25) is 10.0 Å². The molecule has 0 bridgehead atoms. The Kier molecular flexibility index (Phi) is 4.90. The third-order valence-electron chi connectivity index (χ3n) is 2.46. The van der Waals surface area contributed by atoms with Crippen LogP contribution in [-0.2, 0) is 16.6 Å². The molecule has 1 aromatic carbocycles. The number of aromatic nitrogens is 2. The van der Waals surface area contributed by atoms with Crippen LogP contribution in [0.2, 0.25) is 0 Å². The molecule has 0 aliphatic carbocycles. The van der Waals surface area contributed by atoms with E-state index in [0.29, 0.717) is 20.5 Å². The van der Waals surface area contributed by atoms with Gasteiger partial charge in [0, 0.05) is 15.1 Å². The molecule has 1 aromatic heterocycles. The highest BCUT2D eigenvalue weighted by Crippen LogP contribution is 2.25. The summed E-state index contributed by atoms with van der Waals surface area (Å²) in [7, 11) is -3.61. The van der Waals surface area contributed by atoms with Gasteiger partial charge in [0.25, 0.3) is 0 Å². The van der Waals surface area contributed by atoms with Crippen LogP contribution in [0.4, 0.5) is 0 Å². The van der Waals surface area contributed by atoms with Gasteiger partial charge in [0.05, 0.1) is 17.1 Å². The lowest BCUT2D eigenvalue weighted by Crippen LogP contribution is -2.24. The van der Waals surface area contributed by atoms with Crippen molar-refractivity contribution in [2.75, 3.05) is 0 Å². The summed E-state index contributed by atoms with van der Waals surface area (Å²) >= 11 is 6.50. The summed E-state index contributed by atoms with van der Waals surface area (Å²) in [5, 5.41) is 0. The zero-order valence-electron chi connectivity index (χ0n) is 10.5. The van der Waals surface area contributed by atoms with E-state index in [1.165, 1.54) is 6.07 Å². The molecule has 106 valence electrons. The fraction of sp³-hybridized carbons (Fsp3) is 0.167. The second-order valence-electron chi connectivity index (χ2n) is 3.99. The number of nitrogens with one attached hydrogen (secondary N) is 1. The van der Waals surface area contributed by atoms with Crippen LogP contribution >= 0.6 is 31.9 Å². The predicted molar refractivity (Wildman–Crippen MR) is 82.6 cm³/mol. The number of benzene rings is 1. The van der Waals surface area contributed by atoms with Crippen molar-refractivity contribution < 1.29 is 8.42 Å². The van der Waals surface area contributed by atoms with Crippen LogP contribution in [0.25, 0.3) is 0 Å². The molecule has 2 aromatic rings. The molecule has 1 heterocycles. The second kappa shape index (κ2) is 6.30. The molecular weight excluding hydrogens is 410 g/mol. The van der Waals surface area contributed by atoms with Crippen LogP contribution in [-0.4, -0.2) is 18.4 Å². The summed E-state index contributed by atoms with van der Waals surface area (Å²) in [5.74, 6) is 0.602. The van der Waals surface area contributed by atoms with Gasteiger partial charge in [-0.05, 0) is 47.1 Å². The maximum absolute atomic E-state index is 12.3. The summed E-state index contributed by atoms with van der Waals surface area (Å²) in [6.07, 6.45) is 1.60. The van der Waals surface area contributed by atoms with E-state index in [4.69, 9.17) is 0 Å². The van der Waals surface area contributed by atoms with Crippen LogP contribution in [0.1, 0.15) is 11.5 Å². The topological polar surface area (TPSA) is 72.0 Å². The quantitative estimate of drug-likeness (QED) is 0.825. The zero-order valence-corrected chi connectivity index (χ0v) is 14.5. The molecule has 0 saturated carbocycles. The van der Waals surface area contributed by atoms with Crippen LogP contribution in [0.3, 0.4) is 0 Å². The minimum Gasteiger partial charge on any atom is -0.242 e. The molecular formula is C12H11Br2N3O2S. The van der Waals surface area contributed by atoms with Gasteiger partial charge in [0.1, 0.15) is 5.82 Å². The van der Waals surface area contributed by atoms with Crippen LogP contribution in [0, 0.1) is 6.92 Å². The summed E-state index contributed by atoms with van der Waals surface area (Å²) in [6.45, 7) is 1.87. The van der Waals surface area contributed by atoms with Crippen molar-refractivity contribution in [3.05, 3.63) is 50.9 Å². The van der Waals surface area contributed by atoms with Gasteiger partial charge in [0.15, 0.2) is 0 Å². The highest BCUT2D eigenvalue weighted by atomic mass is 79.9. The van der Waals surface area contributed by atoms with Gasteiger partial charge >= 0.3 is 0 Å². The lowest BCUT2D eigenvalue weighted by atomic mass is 10.4. The molecule has 0 aliphatic heterocycles. The third kappa shape index (κ3) is 3.85. The molecule has 5 nitrogen and oxygen atoms in total. The second-order valence-corrected chi connectivity index (χ2v) is 7.50. The molecule has 1 N–H and O–H groups in total. The molecule has 0 fully saturated rings. The van der Waals surface area contributed by atoms with Gasteiger partial charge in [-0.2, -0.15) is 0 Å². The molecule has 20 heavy (non-hydrogen) atoms. The Morgan fingerprint density at radius 2 is 2.00 bits per heavy atom. The molecule has 0 aliphatic rings. The lowest BCUT2D eigenvalue weighted by molar-refractivity contribution is 0.579. The number of hydrogen-bond acceptors (Lipinski definition) is 4. The highest BCUT2D eigenvalue weighted by molar-refractivity contribution is 9.11. The van der Waals surface area contributed by atoms with Crippen molar-refractivity contribution in [3.63, 3.8) is 0 Å². The molecule has 0 spiro atoms. The number of aryl methyl sites for hydroxylation is 1. The Hall–Kier alpha value is -0.830. The third-order valence-corrected chi connectivity index (χ3v) is 5.35. The standard InChI is InChI=1S/C12H11Br2N3O2S/c1-8-15-5-4-10(17-8)7-16-20(18,19)12-6-9(13)2-3-11(12)14/h2-6,16H,7H2,1H3. The number of rotatable bonds is 4. The molecule has 8 heteroatoms. The molecule has 0 saturated heterocycles. The monoisotopic (exact) mass is 419 g/mol. The van der Waals surface area contributed by atoms with Crippen LogP contribution in [0.15, 0.2) is 44.3 Å². The minimum atomic E-state index is -3.61.